The molecular weight excluding hydrogens is 236 g/mol. The van der Waals surface area contributed by atoms with E-state index in [9.17, 15) is 9.90 Å². The molecule has 1 unspecified atom stereocenters. The molecule has 1 aliphatic rings. The predicted octanol–water partition coefficient (Wildman–Crippen LogP) is 1.34. The quantitative estimate of drug-likeness (QED) is 0.475. The molecule has 5 heteroatoms. The van der Waals surface area contributed by atoms with Gasteiger partial charge in [0.2, 0.25) is 0 Å². The van der Waals surface area contributed by atoms with Gasteiger partial charge in [0.25, 0.3) is 0 Å². The van der Waals surface area contributed by atoms with Crippen molar-refractivity contribution in [3.05, 3.63) is 12.2 Å². The van der Waals surface area contributed by atoms with Gasteiger partial charge in [-0.05, 0) is 25.7 Å². The molecule has 18 heavy (non-hydrogen) atoms. The van der Waals surface area contributed by atoms with Crippen molar-refractivity contribution >= 4 is 5.97 Å². The third kappa shape index (κ3) is 9.15. The molecule has 3 N–H and O–H groups in total. The number of hydrogen-bond donors (Lipinski definition) is 3. The molecule has 0 radical (unpaired) electrons. The van der Waals surface area contributed by atoms with Crippen LogP contribution in [0.1, 0.15) is 38.5 Å². The van der Waals surface area contributed by atoms with Crippen LogP contribution in [0.4, 0.5) is 0 Å². The molecule has 5 nitrogen and oxygen atoms in total. The van der Waals surface area contributed by atoms with Crippen LogP contribution in [0.15, 0.2) is 12.2 Å². The van der Waals surface area contributed by atoms with Gasteiger partial charge >= 0.3 is 5.97 Å². The number of aliphatic carboxylic acids is 1. The van der Waals surface area contributed by atoms with Crippen LogP contribution < -0.4 is 0 Å². The Kier molecular flexibility index (Phi) is 10.6. The Bertz CT molecular complexity index is 228. The van der Waals surface area contributed by atoms with Gasteiger partial charge in [-0.2, -0.15) is 0 Å². The topological polar surface area (TPSA) is 87.0 Å². The highest BCUT2D eigenvalue weighted by Crippen LogP contribution is 2.09. The van der Waals surface area contributed by atoms with Crippen LogP contribution in [-0.2, 0) is 9.53 Å². The molecule has 1 heterocycles. The summed E-state index contributed by atoms with van der Waals surface area (Å²) in [4.78, 5) is 10.3. The standard InChI is InChI=1S/C9H16O4.C4H8O/c1-7(9(12)13)8(11)5-3-2-4-6-10;1-2-4-5-3-1/h8,10-11H,1-6H2,(H,12,13);1-4H2. The number of aliphatic hydroxyl groups excluding tert-OH is 2. The lowest BCUT2D eigenvalue weighted by molar-refractivity contribution is -0.133. The molecule has 0 saturated carbocycles. The maximum Gasteiger partial charge on any atom is 0.333 e. The highest BCUT2D eigenvalue weighted by Gasteiger charge is 2.14. The Morgan fingerprint density at radius 3 is 2.22 bits per heavy atom. The Morgan fingerprint density at radius 2 is 1.83 bits per heavy atom. The number of unbranched alkanes of at least 4 members (excludes halogenated alkanes) is 2. The van der Waals surface area contributed by atoms with E-state index < -0.39 is 12.1 Å². The van der Waals surface area contributed by atoms with Crippen molar-refractivity contribution in [2.45, 2.75) is 44.6 Å². The average molecular weight is 260 g/mol. The fourth-order valence-electron chi connectivity index (χ4n) is 1.45. The number of carboxylic acids is 1. The molecule has 0 aromatic carbocycles. The second-order valence-electron chi connectivity index (χ2n) is 4.24. The van der Waals surface area contributed by atoms with Crippen LogP contribution in [0, 0.1) is 0 Å². The minimum atomic E-state index is -1.16. The highest BCUT2D eigenvalue weighted by atomic mass is 16.5. The lowest BCUT2D eigenvalue weighted by atomic mass is 10.0. The van der Waals surface area contributed by atoms with E-state index in [2.05, 4.69) is 6.58 Å². The first-order chi connectivity index (χ1) is 8.59. The number of rotatable bonds is 7. The highest BCUT2D eigenvalue weighted by molar-refractivity contribution is 5.86. The number of carboxylic acid groups (broad SMARTS) is 1. The maximum atomic E-state index is 10.3. The summed E-state index contributed by atoms with van der Waals surface area (Å²) in [6.07, 6.45) is 4.17. The third-order valence-corrected chi connectivity index (χ3v) is 2.64. The van der Waals surface area contributed by atoms with E-state index in [1.807, 2.05) is 0 Å². The minimum absolute atomic E-state index is 0.135. The minimum Gasteiger partial charge on any atom is -0.478 e. The van der Waals surface area contributed by atoms with Gasteiger partial charge in [-0.3, -0.25) is 0 Å². The Labute approximate surface area is 108 Å². The fraction of sp³-hybridized carbons (Fsp3) is 0.769. The van der Waals surface area contributed by atoms with Crippen LogP contribution in [0.2, 0.25) is 0 Å². The molecule has 0 bridgehead atoms. The second kappa shape index (κ2) is 11.2. The van der Waals surface area contributed by atoms with Gasteiger partial charge < -0.3 is 20.1 Å². The SMILES string of the molecule is C1CCOC1.C=C(C(=O)O)C(O)CCCCCO. The molecule has 1 atom stereocenters. The van der Waals surface area contributed by atoms with Crippen LogP contribution >= 0.6 is 0 Å². The molecule has 1 saturated heterocycles. The van der Waals surface area contributed by atoms with Crippen LogP contribution in [-0.4, -0.2) is 47.2 Å². The van der Waals surface area contributed by atoms with Crippen LogP contribution in [0.5, 0.6) is 0 Å². The summed E-state index contributed by atoms with van der Waals surface area (Å²) in [7, 11) is 0. The Hall–Kier alpha value is -0.910. The van der Waals surface area contributed by atoms with E-state index >= 15 is 0 Å². The fourth-order valence-corrected chi connectivity index (χ4v) is 1.45. The molecule has 0 aliphatic carbocycles. The number of ether oxygens (including phenoxy) is 1. The van der Waals surface area contributed by atoms with Crippen molar-refractivity contribution in [3.8, 4) is 0 Å². The zero-order valence-electron chi connectivity index (χ0n) is 10.8. The first-order valence-corrected chi connectivity index (χ1v) is 6.38. The molecule has 106 valence electrons. The average Bonchev–Trinajstić information content (AvgIpc) is 2.92. The normalized spacial score (nSPS) is 15.7. The molecule has 1 rings (SSSR count). The van der Waals surface area contributed by atoms with Gasteiger partial charge in [-0.25, -0.2) is 4.79 Å². The van der Waals surface area contributed by atoms with Crippen molar-refractivity contribution in [2.24, 2.45) is 0 Å². The zero-order chi connectivity index (χ0) is 13.8. The summed E-state index contributed by atoms with van der Waals surface area (Å²) in [5.41, 5.74) is -0.163. The largest absolute Gasteiger partial charge is 0.478 e. The predicted molar refractivity (Wildman–Crippen MR) is 68.4 cm³/mol. The molecule has 0 aromatic heterocycles. The van der Waals surface area contributed by atoms with Gasteiger partial charge in [-0.1, -0.05) is 19.4 Å². The Balaban J connectivity index is 0.000000473. The van der Waals surface area contributed by atoms with Gasteiger partial charge in [0.1, 0.15) is 0 Å². The van der Waals surface area contributed by atoms with E-state index in [0.29, 0.717) is 19.3 Å². The van der Waals surface area contributed by atoms with Crippen molar-refractivity contribution in [1.82, 2.24) is 0 Å². The van der Waals surface area contributed by atoms with Gasteiger partial charge in [0.05, 0.1) is 11.7 Å². The molecule has 0 amide bonds. The number of hydrogen-bond acceptors (Lipinski definition) is 4. The summed E-state index contributed by atoms with van der Waals surface area (Å²) in [6, 6.07) is 0. The summed E-state index contributed by atoms with van der Waals surface area (Å²) in [5, 5.41) is 26.2. The van der Waals surface area contributed by atoms with E-state index in [1.165, 1.54) is 12.8 Å². The lowest BCUT2D eigenvalue weighted by Crippen LogP contribution is -2.16. The zero-order valence-corrected chi connectivity index (χ0v) is 10.8. The van der Waals surface area contributed by atoms with Crippen LogP contribution in [0.3, 0.4) is 0 Å². The van der Waals surface area contributed by atoms with E-state index in [0.717, 1.165) is 19.6 Å². The van der Waals surface area contributed by atoms with Crippen molar-refractivity contribution in [2.75, 3.05) is 19.8 Å². The van der Waals surface area contributed by atoms with Gasteiger partial charge in [-0.15, -0.1) is 0 Å². The molecule has 0 spiro atoms. The summed E-state index contributed by atoms with van der Waals surface area (Å²) in [5.74, 6) is -1.16. The second-order valence-corrected chi connectivity index (χ2v) is 4.24. The molecule has 1 aliphatic heterocycles. The van der Waals surface area contributed by atoms with Crippen molar-refractivity contribution in [1.29, 1.82) is 0 Å². The number of carbonyl (C=O) groups is 1. The van der Waals surface area contributed by atoms with E-state index in [-0.39, 0.29) is 12.2 Å². The third-order valence-electron chi connectivity index (χ3n) is 2.64. The van der Waals surface area contributed by atoms with Gasteiger partial charge in [0, 0.05) is 19.8 Å². The van der Waals surface area contributed by atoms with E-state index in [1.54, 1.807) is 0 Å². The first-order valence-electron chi connectivity index (χ1n) is 6.38. The maximum absolute atomic E-state index is 10.3. The van der Waals surface area contributed by atoms with Crippen molar-refractivity contribution in [3.63, 3.8) is 0 Å². The molecule has 1 fully saturated rings. The van der Waals surface area contributed by atoms with E-state index in [4.69, 9.17) is 14.9 Å². The van der Waals surface area contributed by atoms with Gasteiger partial charge in [0.15, 0.2) is 0 Å². The monoisotopic (exact) mass is 260 g/mol. The number of aliphatic hydroxyl groups is 2. The smallest absolute Gasteiger partial charge is 0.333 e. The Morgan fingerprint density at radius 1 is 1.22 bits per heavy atom. The molecule has 0 aromatic rings. The summed E-state index contributed by atoms with van der Waals surface area (Å²) in [6.45, 7) is 5.39. The van der Waals surface area contributed by atoms with Crippen molar-refractivity contribution < 1.29 is 24.9 Å². The summed E-state index contributed by atoms with van der Waals surface area (Å²) >= 11 is 0. The first kappa shape index (κ1) is 17.1. The van der Waals surface area contributed by atoms with Crippen LogP contribution in [0.25, 0.3) is 0 Å². The molecular formula is C13H24O5. The lowest BCUT2D eigenvalue weighted by Gasteiger charge is -2.09. The summed E-state index contributed by atoms with van der Waals surface area (Å²) < 4.78 is 4.94.